The Labute approximate surface area is 85.2 Å². The number of hydrogen-bond acceptors (Lipinski definition) is 2. The lowest BCUT2D eigenvalue weighted by Crippen LogP contribution is -2.35. The van der Waals surface area contributed by atoms with Crippen LogP contribution >= 0.6 is 0 Å². The molecule has 14 heavy (non-hydrogen) atoms. The lowest BCUT2D eigenvalue weighted by molar-refractivity contribution is -0.132. The molecule has 1 fully saturated rings. The Balaban J connectivity index is 2.24. The van der Waals surface area contributed by atoms with Gasteiger partial charge in [-0.05, 0) is 18.8 Å². The Kier molecular flexibility index (Phi) is 4.14. The molecule has 0 saturated heterocycles. The maximum absolute atomic E-state index is 10.5. The number of carbonyl (C=O) groups is 1. The van der Waals surface area contributed by atoms with Gasteiger partial charge >= 0.3 is 5.97 Å². The molecule has 0 aromatic rings. The third-order valence-electron chi connectivity index (χ3n) is 2.84. The van der Waals surface area contributed by atoms with Gasteiger partial charge in [0.1, 0.15) is 0 Å². The number of carboxylic acid groups (broad SMARTS) is 1. The van der Waals surface area contributed by atoms with Crippen molar-refractivity contribution < 1.29 is 9.90 Å². The Morgan fingerprint density at radius 3 is 2.86 bits per heavy atom. The third kappa shape index (κ3) is 3.50. The highest BCUT2D eigenvalue weighted by Crippen LogP contribution is 2.23. The number of hydrogen-bond donors (Lipinski definition) is 2. The van der Waals surface area contributed by atoms with Gasteiger partial charge in [0.05, 0.1) is 0 Å². The first kappa shape index (κ1) is 11.2. The first-order valence-electron chi connectivity index (χ1n) is 5.24. The predicted octanol–water partition coefficient (Wildman–Crippen LogP) is 1.80. The zero-order valence-electron chi connectivity index (χ0n) is 8.75. The lowest BCUT2D eigenvalue weighted by Gasteiger charge is -2.27. The van der Waals surface area contributed by atoms with Crippen LogP contribution in [0.25, 0.3) is 0 Å². The van der Waals surface area contributed by atoms with Gasteiger partial charge in [0.2, 0.25) is 0 Å². The van der Waals surface area contributed by atoms with E-state index < -0.39 is 5.97 Å². The zero-order valence-corrected chi connectivity index (χ0v) is 8.75. The van der Waals surface area contributed by atoms with Gasteiger partial charge < -0.3 is 10.4 Å². The summed E-state index contributed by atoms with van der Waals surface area (Å²) in [5, 5.41) is 11.9. The molecule has 0 radical (unpaired) electrons. The van der Waals surface area contributed by atoms with Crippen molar-refractivity contribution in [1.29, 1.82) is 0 Å². The monoisotopic (exact) mass is 197 g/mol. The van der Waals surface area contributed by atoms with E-state index in [1.807, 2.05) is 0 Å². The topological polar surface area (TPSA) is 49.3 Å². The molecule has 2 atom stereocenters. The fourth-order valence-electron chi connectivity index (χ4n) is 1.96. The zero-order chi connectivity index (χ0) is 10.6. The second-order valence-electron chi connectivity index (χ2n) is 4.26. The van der Waals surface area contributed by atoms with Crippen molar-refractivity contribution in [2.45, 2.75) is 38.6 Å². The normalized spacial score (nSPS) is 27.2. The first-order chi connectivity index (χ1) is 6.59. The summed E-state index contributed by atoms with van der Waals surface area (Å²) in [5.74, 6) is -0.138. The van der Waals surface area contributed by atoms with Crippen molar-refractivity contribution >= 4 is 5.97 Å². The molecule has 0 aromatic heterocycles. The minimum atomic E-state index is -0.902. The van der Waals surface area contributed by atoms with Gasteiger partial charge in [0, 0.05) is 18.2 Å². The number of carboxylic acids is 1. The fraction of sp³-hybridized carbons (Fsp3) is 0.727. The van der Waals surface area contributed by atoms with Crippen molar-refractivity contribution in [2.24, 2.45) is 5.92 Å². The Morgan fingerprint density at radius 1 is 1.57 bits per heavy atom. The van der Waals surface area contributed by atoms with Gasteiger partial charge in [-0.15, -0.1) is 0 Å². The Hall–Kier alpha value is -0.830. The largest absolute Gasteiger partial charge is 0.478 e. The van der Waals surface area contributed by atoms with Crippen LogP contribution in [0.15, 0.2) is 12.2 Å². The summed E-state index contributed by atoms with van der Waals surface area (Å²) in [6, 6.07) is 0.481. The summed E-state index contributed by atoms with van der Waals surface area (Å²) >= 11 is 0. The SMILES string of the molecule is C=C(CNC1CCCC(C)C1)C(=O)O. The van der Waals surface area contributed by atoms with Crippen LogP contribution in [-0.4, -0.2) is 23.7 Å². The summed E-state index contributed by atoms with van der Waals surface area (Å²) < 4.78 is 0. The molecule has 1 aliphatic carbocycles. The minimum absolute atomic E-state index is 0.253. The average Bonchev–Trinajstić information content (AvgIpc) is 2.14. The molecule has 1 saturated carbocycles. The fourth-order valence-corrected chi connectivity index (χ4v) is 1.96. The van der Waals surface area contributed by atoms with Gasteiger partial charge in [0.15, 0.2) is 0 Å². The summed E-state index contributed by atoms with van der Waals surface area (Å²) in [7, 11) is 0. The van der Waals surface area contributed by atoms with E-state index in [0.29, 0.717) is 12.6 Å². The molecule has 0 spiro atoms. The van der Waals surface area contributed by atoms with Crippen LogP contribution in [0.5, 0.6) is 0 Å². The summed E-state index contributed by atoms with van der Waals surface area (Å²) in [5.41, 5.74) is 0.253. The Bertz CT molecular complexity index is 225. The highest BCUT2D eigenvalue weighted by atomic mass is 16.4. The first-order valence-corrected chi connectivity index (χ1v) is 5.24. The average molecular weight is 197 g/mol. The standard InChI is InChI=1S/C11H19NO2/c1-8-4-3-5-10(6-8)12-7-9(2)11(13)14/h8,10,12H,2-7H2,1H3,(H,13,14). The van der Waals surface area contributed by atoms with E-state index in [0.717, 1.165) is 18.8 Å². The van der Waals surface area contributed by atoms with Gasteiger partial charge in [-0.3, -0.25) is 0 Å². The van der Waals surface area contributed by atoms with Gasteiger partial charge in [-0.1, -0.05) is 26.3 Å². The van der Waals surface area contributed by atoms with Crippen LogP contribution in [0, 0.1) is 5.92 Å². The van der Waals surface area contributed by atoms with E-state index in [4.69, 9.17) is 5.11 Å². The molecule has 2 N–H and O–H groups in total. The number of rotatable bonds is 4. The van der Waals surface area contributed by atoms with Crippen molar-refractivity contribution in [1.82, 2.24) is 5.32 Å². The predicted molar refractivity (Wildman–Crippen MR) is 56.2 cm³/mol. The van der Waals surface area contributed by atoms with Crippen LogP contribution in [0.4, 0.5) is 0 Å². The summed E-state index contributed by atoms with van der Waals surface area (Å²) in [6.07, 6.45) is 4.88. The van der Waals surface area contributed by atoms with E-state index in [1.54, 1.807) is 0 Å². The van der Waals surface area contributed by atoms with Crippen molar-refractivity contribution in [3.05, 3.63) is 12.2 Å². The minimum Gasteiger partial charge on any atom is -0.478 e. The molecule has 3 heteroatoms. The lowest BCUT2D eigenvalue weighted by atomic mass is 9.87. The molecular weight excluding hydrogens is 178 g/mol. The Morgan fingerprint density at radius 2 is 2.29 bits per heavy atom. The van der Waals surface area contributed by atoms with E-state index >= 15 is 0 Å². The highest BCUT2D eigenvalue weighted by Gasteiger charge is 2.18. The molecule has 1 aliphatic rings. The quantitative estimate of drug-likeness (QED) is 0.676. The third-order valence-corrected chi connectivity index (χ3v) is 2.84. The highest BCUT2D eigenvalue weighted by molar-refractivity contribution is 5.86. The second kappa shape index (κ2) is 5.15. The maximum Gasteiger partial charge on any atom is 0.332 e. The summed E-state index contributed by atoms with van der Waals surface area (Å²) in [4.78, 5) is 10.5. The molecule has 80 valence electrons. The summed E-state index contributed by atoms with van der Waals surface area (Å²) in [6.45, 7) is 6.15. The van der Waals surface area contributed by atoms with E-state index in [9.17, 15) is 4.79 Å². The van der Waals surface area contributed by atoms with Crippen LogP contribution in [0.3, 0.4) is 0 Å². The number of aliphatic carboxylic acids is 1. The van der Waals surface area contributed by atoms with E-state index in [2.05, 4.69) is 18.8 Å². The van der Waals surface area contributed by atoms with E-state index in [-0.39, 0.29) is 5.57 Å². The van der Waals surface area contributed by atoms with Crippen LogP contribution in [-0.2, 0) is 4.79 Å². The molecule has 0 heterocycles. The molecule has 0 aliphatic heterocycles. The van der Waals surface area contributed by atoms with Gasteiger partial charge in [-0.2, -0.15) is 0 Å². The van der Waals surface area contributed by atoms with Gasteiger partial charge in [0.25, 0.3) is 0 Å². The van der Waals surface area contributed by atoms with Crippen LogP contribution in [0.1, 0.15) is 32.6 Å². The van der Waals surface area contributed by atoms with Gasteiger partial charge in [-0.25, -0.2) is 4.79 Å². The van der Waals surface area contributed by atoms with Crippen molar-refractivity contribution in [3.8, 4) is 0 Å². The van der Waals surface area contributed by atoms with E-state index in [1.165, 1.54) is 12.8 Å². The smallest absolute Gasteiger partial charge is 0.332 e. The van der Waals surface area contributed by atoms with Crippen LogP contribution in [0.2, 0.25) is 0 Å². The maximum atomic E-state index is 10.5. The molecular formula is C11H19NO2. The molecule has 0 amide bonds. The molecule has 2 unspecified atom stereocenters. The van der Waals surface area contributed by atoms with Crippen LogP contribution < -0.4 is 5.32 Å². The number of nitrogens with one attached hydrogen (secondary N) is 1. The molecule has 0 bridgehead atoms. The van der Waals surface area contributed by atoms with Crippen molar-refractivity contribution in [3.63, 3.8) is 0 Å². The molecule has 1 rings (SSSR count). The molecule has 0 aromatic carbocycles. The molecule has 3 nitrogen and oxygen atoms in total. The van der Waals surface area contributed by atoms with Crippen molar-refractivity contribution in [2.75, 3.05) is 6.54 Å². The second-order valence-corrected chi connectivity index (χ2v) is 4.26.